The smallest absolute Gasteiger partial charge is 0.228 e. The van der Waals surface area contributed by atoms with Crippen LogP contribution in [-0.4, -0.2) is 22.6 Å². The Morgan fingerprint density at radius 2 is 1.71 bits per heavy atom. The number of para-hydroxylation sites is 2. The summed E-state index contributed by atoms with van der Waals surface area (Å²) in [7, 11) is 3.63. The molecule has 3 aromatic carbocycles. The van der Waals surface area contributed by atoms with Crippen LogP contribution >= 0.6 is 0 Å². The average Bonchev–Trinajstić information content (AvgIpc) is 3.06. The minimum Gasteiger partial charge on any atom is -0.497 e. The summed E-state index contributed by atoms with van der Waals surface area (Å²) in [5, 5.41) is 2.94. The van der Waals surface area contributed by atoms with E-state index in [0.29, 0.717) is 6.42 Å². The third-order valence-electron chi connectivity index (χ3n) is 4.74. The highest BCUT2D eigenvalue weighted by Crippen LogP contribution is 2.24. The van der Waals surface area contributed by atoms with E-state index in [1.165, 1.54) is 0 Å². The summed E-state index contributed by atoms with van der Waals surface area (Å²) in [6.45, 7) is 0. The van der Waals surface area contributed by atoms with Gasteiger partial charge < -0.3 is 14.6 Å². The van der Waals surface area contributed by atoms with Crippen LogP contribution in [0.1, 0.15) is 5.56 Å². The largest absolute Gasteiger partial charge is 0.497 e. The van der Waals surface area contributed by atoms with Crippen LogP contribution in [0.5, 0.6) is 5.75 Å². The molecule has 0 saturated carbocycles. The number of benzene rings is 3. The van der Waals surface area contributed by atoms with Gasteiger partial charge in [0.1, 0.15) is 11.6 Å². The lowest BCUT2D eigenvalue weighted by Crippen LogP contribution is -2.14. The summed E-state index contributed by atoms with van der Waals surface area (Å²) in [4.78, 5) is 17.0. The maximum Gasteiger partial charge on any atom is 0.228 e. The first kappa shape index (κ1) is 17.8. The molecule has 1 aromatic heterocycles. The third-order valence-corrected chi connectivity index (χ3v) is 4.74. The number of amides is 1. The van der Waals surface area contributed by atoms with E-state index >= 15 is 0 Å². The molecule has 140 valence electrons. The van der Waals surface area contributed by atoms with Crippen molar-refractivity contribution < 1.29 is 9.53 Å². The van der Waals surface area contributed by atoms with Gasteiger partial charge in [0.15, 0.2) is 0 Å². The van der Waals surface area contributed by atoms with Crippen molar-refractivity contribution in [3.63, 3.8) is 0 Å². The van der Waals surface area contributed by atoms with Crippen molar-refractivity contribution in [2.45, 2.75) is 6.42 Å². The lowest BCUT2D eigenvalue weighted by molar-refractivity contribution is -0.115. The highest BCUT2D eigenvalue weighted by atomic mass is 16.5. The van der Waals surface area contributed by atoms with Gasteiger partial charge in [0.25, 0.3) is 0 Å². The zero-order valence-corrected chi connectivity index (χ0v) is 15.8. The Morgan fingerprint density at radius 3 is 2.39 bits per heavy atom. The van der Waals surface area contributed by atoms with Crippen LogP contribution in [0.15, 0.2) is 72.8 Å². The van der Waals surface area contributed by atoms with Gasteiger partial charge in [0.2, 0.25) is 5.91 Å². The number of aryl methyl sites for hydroxylation is 1. The summed E-state index contributed by atoms with van der Waals surface area (Å²) in [6, 6.07) is 23.3. The SMILES string of the molecule is COc1ccc(CC(=O)Nc2ccc(-c3nc4ccccc4n3C)cc2)cc1. The van der Waals surface area contributed by atoms with Crippen molar-refractivity contribution in [2.75, 3.05) is 12.4 Å². The Bertz CT molecular complexity index is 1110. The summed E-state index contributed by atoms with van der Waals surface area (Å²) < 4.78 is 7.21. The number of aromatic nitrogens is 2. The van der Waals surface area contributed by atoms with E-state index < -0.39 is 0 Å². The molecule has 28 heavy (non-hydrogen) atoms. The van der Waals surface area contributed by atoms with Gasteiger partial charge in [-0.25, -0.2) is 4.98 Å². The highest BCUT2D eigenvalue weighted by Gasteiger charge is 2.10. The van der Waals surface area contributed by atoms with E-state index in [9.17, 15) is 4.79 Å². The average molecular weight is 371 g/mol. The maximum atomic E-state index is 12.3. The van der Waals surface area contributed by atoms with E-state index in [4.69, 9.17) is 9.72 Å². The molecule has 0 unspecified atom stereocenters. The number of hydrogen-bond donors (Lipinski definition) is 1. The summed E-state index contributed by atoms with van der Waals surface area (Å²) in [6.07, 6.45) is 0.316. The van der Waals surface area contributed by atoms with Crippen molar-refractivity contribution in [3.05, 3.63) is 78.4 Å². The first-order chi connectivity index (χ1) is 13.6. The predicted octanol–water partition coefficient (Wildman–Crippen LogP) is 4.43. The van der Waals surface area contributed by atoms with Gasteiger partial charge in [0.05, 0.1) is 24.6 Å². The fourth-order valence-corrected chi connectivity index (χ4v) is 3.24. The van der Waals surface area contributed by atoms with Crippen molar-refractivity contribution >= 4 is 22.6 Å². The van der Waals surface area contributed by atoms with Crippen LogP contribution in [-0.2, 0) is 18.3 Å². The zero-order chi connectivity index (χ0) is 19.5. The second kappa shape index (κ2) is 7.56. The van der Waals surface area contributed by atoms with E-state index in [1.807, 2.05) is 73.8 Å². The number of methoxy groups -OCH3 is 1. The van der Waals surface area contributed by atoms with Gasteiger partial charge in [-0.2, -0.15) is 0 Å². The number of ether oxygens (including phenoxy) is 1. The van der Waals surface area contributed by atoms with Crippen LogP contribution in [0.2, 0.25) is 0 Å². The van der Waals surface area contributed by atoms with Crippen molar-refractivity contribution in [3.8, 4) is 17.1 Å². The van der Waals surface area contributed by atoms with Crippen LogP contribution in [0, 0.1) is 0 Å². The Labute approximate surface area is 163 Å². The molecule has 0 aliphatic rings. The molecule has 0 aliphatic heterocycles. The molecule has 1 amide bonds. The molecule has 4 rings (SSSR count). The minimum atomic E-state index is -0.0550. The van der Waals surface area contributed by atoms with Crippen LogP contribution < -0.4 is 10.1 Å². The van der Waals surface area contributed by atoms with Crippen LogP contribution in [0.25, 0.3) is 22.4 Å². The zero-order valence-electron chi connectivity index (χ0n) is 15.8. The Hall–Kier alpha value is -3.60. The lowest BCUT2D eigenvalue weighted by Gasteiger charge is -2.08. The molecule has 0 aliphatic carbocycles. The van der Waals surface area contributed by atoms with Gasteiger partial charge in [-0.3, -0.25) is 4.79 Å². The Morgan fingerprint density at radius 1 is 1.00 bits per heavy atom. The monoisotopic (exact) mass is 371 g/mol. The normalized spacial score (nSPS) is 10.8. The number of carbonyl (C=O) groups is 1. The summed E-state index contributed by atoms with van der Waals surface area (Å²) >= 11 is 0. The molecule has 1 N–H and O–H groups in total. The molecule has 0 fully saturated rings. The number of imidazole rings is 1. The minimum absolute atomic E-state index is 0.0550. The van der Waals surface area contributed by atoms with Crippen molar-refractivity contribution in [1.82, 2.24) is 9.55 Å². The number of nitrogens with zero attached hydrogens (tertiary/aromatic N) is 2. The van der Waals surface area contributed by atoms with Crippen molar-refractivity contribution in [2.24, 2.45) is 7.05 Å². The van der Waals surface area contributed by atoms with Gasteiger partial charge in [-0.1, -0.05) is 24.3 Å². The first-order valence-corrected chi connectivity index (χ1v) is 9.09. The van der Waals surface area contributed by atoms with E-state index in [-0.39, 0.29) is 5.91 Å². The Kier molecular flexibility index (Phi) is 4.81. The first-order valence-electron chi connectivity index (χ1n) is 9.09. The quantitative estimate of drug-likeness (QED) is 0.565. The number of rotatable bonds is 5. The van der Waals surface area contributed by atoms with Gasteiger partial charge in [-0.15, -0.1) is 0 Å². The number of carbonyl (C=O) groups excluding carboxylic acids is 1. The molecule has 5 nitrogen and oxygen atoms in total. The van der Waals surface area contributed by atoms with Gasteiger partial charge in [-0.05, 0) is 54.1 Å². The number of fused-ring (bicyclic) bond motifs is 1. The second-order valence-corrected chi connectivity index (χ2v) is 6.63. The molecule has 0 radical (unpaired) electrons. The van der Waals surface area contributed by atoms with Crippen LogP contribution in [0.4, 0.5) is 5.69 Å². The molecule has 0 spiro atoms. The Balaban J connectivity index is 1.46. The molecule has 0 bridgehead atoms. The molecule has 1 heterocycles. The highest BCUT2D eigenvalue weighted by molar-refractivity contribution is 5.92. The predicted molar refractivity (Wildman–Crippen MR) is 111 cm³/mol. The number of nitrogens with one attached hydrogen (secondary N) is 1. The van der Waals surface area contributed by atoms with Gasteiger partial charge >= 0.3 is 0 Å². The van der Waals surface area contributed by atoms with Crippen molar-refractivity contribution in [1.29, 1.82) is 0 Å². The fraction of sp³-hybridized carbons (Fsp3) is 0.130. The summed E-state index contributed by atoms with van der Waals surface area (Å²) in [5.41, 5.74) is 4.77. The third kappa shape index (κ3) is 3.60. The van der Waals surface area contributed by atoms with Gasteiger partial charge in [0, 0.05) is 18.3 Å². The van der Waals surface area contributed by atoms with E-state index in [1.54, 1.807) is 7.11 Å². The lowest BCUT2D eigenvalue weighted by atomic mass is 10.1. The molecule has 5 heteroatoms. The molecular formula is C23H21N3O2. The second-order valence-electron chi connectivity index (χ2n) is 6.63. The number of anilines is 1. The fourth-order valence-electron chi connectivity index (χ4n) is 3.24. The molecular weight excluding hydrogens is 350 g/mol. The van der Waals surface area contributed by atoms with E-state index in [0.717, 1.165) is 39.4 Å². The van der Waals surface area contributed by atoms with Crippen LogP contribution in [0.3, 0.4) is 0 Å². The molecule has 0 atom stereocenters. The van der Waals surface area contributed by atoms with E-state index in [2.05, 4.69) is 16.0 Å². The topological polar surface area (TPSA) is 56.1 Å². The standard InChI is InChI=1S/C23H21N3O2/c1-26-21-6-4-3-5-20(21)25-23(26)17-9-11-18(12-10-17)24-22(27)15-16-7-13-19(28-2)14-8-16/h3-14H,15H2,1-2H3,(H,24,27). The molecule has 0 saturated heterocycles. The molecule has 4 aromatic rings. The maximum absolute atomic E-state index is 12.3. The number of hydrogen-bond acceptors (Lipinski definition) is 3. The summed E-state index contributed by atoms with van der Waals surface area (Å²) in [5.74, 6) is 1.62.